The molecule has 3 aromatic rings. The molecule has 0 aliphatic carbocycles. The third-order valence-electron chi connectivity index (χ3n) is 5.35. The Balaban J connectivity index is 1.57. The van der Waals surface area contributed by atoms with Gasteiger partial charge in [-0.15, -0.1) is 0 Å². The molecule has 2 N–H and O–H groups in total. The van der Waals surface area contributed by atoms with E-state index in [0.717, 1.165) is 16.7 Å². The number of rotatable bonds is 5. The molecule has 2 unspecified atom stereocenters. The number of fused-ring (bicyclic) bond motifs is 1. The number of nitrogens with zero attached hydrogens (tertiary/aromatic N) is 2. The Morgan fingerprint density at radius 1 is 1.23 bits per heavy atom. The molecule has 0 spiro atoms. The van der Waals surface area contributed by atoms with Crippen molar-refractivity contribution in [3.05, 3.63) is 81.0 Å². The van der Waals surface area contributed by atoms with E-state index in [1.165, 1.54) is 10.9 Å². The van der Waals surface area contributed by atoms with Gasteiger partial charge in [0.05, 0.1) is 22.3 Å². The summed E-state index contributed by atoms with van der Waals surface area (Å²) < 4.78 is 28.8. The van der Waals surface area contributed by atoms with Gasteiger partial charge < -0.3 is 10.6 Å². The minimum atomic E-state index is -2.61. The molecule has 0 saturated heterocycles. The molecular formula is C22H20Cl2F2N4O. The second-order valence-electron chi connectivity index (χ2n) is 7.53. The quantitative estimate of drug-likeness (QED) is 0.502. The maximum atomic E-state index is 13.8. The first-order valence-corrected chi connectivity index (χ1v) is 10.5. The van der Waals surface area contributed by atoms with Crippen LogP contribution in [-0.2, 0) is 6.54 Å². The Labute approximate surface area is 188 Å². The molecule has 0 bridgehead atoms. The number of aromatic nitrogens is 2. The maximum Gasteiger partial charge on any atom is 0.260 e. The molecular weight excluding hydrogens is 445 g/mol. The second-order valence-corrected chi connectivity index (χ2v) is 8.34. The summed E-state index contributed by atoms with van der Waals surface area (Å²) in [6.07, 6.45) is -1.13. The number of carbonyl (C=O) groups is 1. The monoisotopic (exact) mass is 464 g/mol. The van der Waals surface area contributed by atoms with Crippen LogP contribution in [0.4, 0.5) is 14.6 Å². The molecule has 2 aromatic carbocycles. The van der Waals surface area contributed by atoms with E-state index in [0.29, 0.717) is 10.0 Å². The van der Waals surface area contributed by atoms with E-state index in [2.05, 4.69) is 15.7 Å². The summed E-state index contributed by atoms with van der Waals surface area (Å²) in [5, 5.41) is 10.9. The van der Waals surface area contributed by atoms with Crippen molar-refractivity contribution in [3.63, 3.8) is 0 Å². The summed E-state index contributed by atoms with van der Waals surface area (Å²) in [6, 6.07) is 11.3. The number of alkyl halides is 2. The van der Waals surface area contributed by atoms with Crippen LogP contribution < -0.4 is 10.6 Å². The van der Waals surface area contributed by atoms with Gasteiger partial charge in [0.1, 0.15) is 17.4 Å². The van der Waals surface area contributed by atoms with Crippen LogP contribution in [0.2, 0.25) is 10.0 Å². The van der Waals surface area contributed by atoms with Gasteiger partial charge in [0, 0.05) is 6.54 Å². The minimum Gasteiger partial charge on any atom is -0.363 e. The van der Waals surface area contributed by atoms with Crippen LogP contribution in [0.15, 0.2) is 48.7 Å². The minimum absolute atomic E-state index is 0.166. The first kappa shape index (κ1) is 21.6. The van der Waals surface area contributed by atoms with Gasteiger partial charge in [0.25, 0.3) is 12.3 Å². The molecule has 9 heteroatoms. The largest absolute Gasteiger partial charge is 0.363 e. The lowest BCUT2D eigenvalue weighted by molar-refractivity contribution is 0.0656. The summed E-state index contributed by atoms with van der Waals surface area (Å²) in [7, 11) is 0. The SMILES string of the molecule is Cc1ccc(C2CC(C(F)F)n3ncc(C(=O)NCc4ccc(Cl)c(Cl)c4)c3N2)cc1. The Morgan fingerprint density at radius 3 is 2.65 bits per heavy atom. The van der Waals surface area contributed by atoms with E-state index >= 15 is 0 Å². The highest BCUT2D eigenvalue weighted by molar-refractivity contribution is 6.42. The van der Waals surface area contributed by atoms with E-state index in [-0.39, 0.29) is 30.4 Å². The molecule has 1 aliphatic rings. The van der Waals surface area contributed by atoms with Gasteiger partial charge in [0.15, 0.2) is 0 Å². The number of hydrogen-bond acceptors (Lipinski definition) is 3. The van der Waals surface area contributed by atoms with Crippen molar-refractivity contribution in [2.75, 3.05) is 5.32 Å². The molecule has 1 amide bonds. The van der Waals surface area contributed by atoms with Gasteiger partial charge in [-0.1, -0.05) is 59.1 Å². The van der Waals surface area contributed by atoms with Crippen molar-refractivity contribution >= 4 is 34.9 Å². The third kappa shape index (κ3) is 4.52. The zero-order chi connectivity index (χ0) is 22.1. The number of carbonyl (C=O) groups excluding carboxylic acids is 1. The lowest BCUT2D eigenvalue weighted by Crippen LogP contribution is -2.32. The first-order valence-electron chi connectivity index (χ1n) is 9.74. The van der Waals surface area contributed by atoms with Crippen molar-refractivity contribution in [2.24, 2.45) is 0 Å². The first-order chi connectivity index (χ1) is 14.8. The summed E-state index contributed by atoms with van der Waals surface area (Å²) in [5.74, 6) is -0.133. The number of amides is 1. The molecule has 5 nitrogen and oxygen atoms in total. The molecule has 2 heterocycles. The summed E-state index contributed by atoms with van der Waals surface area (Å²) in [6.45, 7) is 2.17. The topological polar surface area (TPSA) is 59.0 Å². The molecule has 1 aliphatic heterocycles. The smallest absolute Gasteiger partial charge is 0.260 e. The summed E-state index contributed by atoms with van der Waals surface area (Å²) in [4.78, 5) is 12.8. The Kier molecular flexibility index (Phi) is 6.16. The van der Waals surface area contributed by atoms with Crippen molar-refractivity contribution < 1.29 is 13.6 Å². The maximum absolute atomic E-state index is 13.8. The lowest BCUT2D eigenvalue weighted by atomic mass is 9.96. The Bertz CT molecular complexity index is 1100. The van der Waals surface area contributed by atoms with Crippen LogP contribution in [-0.4, -0.2) is 22.1 Å². The van der Waals surface area contributed by atoms with Crippen LogP contribution in [0.25, 0.3) is 0 Å². The van der Waals surface area contributed by atoms with E-state index < -0.39 is 18.4 Å². The molecule has 0 radical (unpaired) electrons. The van der Waals surface area contributed by atoms with Gasteiger partial charge >= 0.3 is 0 Å². The predicted molar refractivity (Wildman–Crippen MR) is 117 cm³/mol. The number of anilines is 1. The fourth-order valence-electron chi connectivity index (χ4n) is 3.64. The van der Waals surface area contributed by atoms with Crippen LogP contribution in [0.3, 0.4) is 0 Å². The Hall–Kier alpha value is -2.64. The normalized spacial score (nSPS) is 17.9. The highest BCUT2D eigenvalue weighted by atomic mass is 35.5. The van der Waals surface area contributed by atoms with Gasteiger partial charge in [0.2, 0.25) is 0 Å². The van der Waals surface area contributed by atoms with Crippen molar-refractivity contribution in [1.29, 1.82) is 0 Å². The number of halogens is 4. The third-order valence-corrected chi connectivity index (χ3v) is 6.09. The van der Waals surface area contributed by atoms with Crippen molar-refractivity contribution in [2.45, 2.75) is 38.4 Å². The van der Waals surface area contributed by atoms with Crippen LogP contribution >= 0.6 is 23.2 Å². The molecule has 162 valence electrons. The van der Waals surface area contributed by atoms with E-state index in [1.54, 1.807) is 18.2 Å². The van der Waals surface area contributed by atoms with Gasteiger partial charge in [-0.3, -0.25) is 4.79 Å². The highest BCUT2D eigenvalue weighted by Crippen LogP contribution is 2.39. The van der Waals surface area contributed by atoms with E-state index in [4.69, 9.17) is 23.2 Å². The zero-order valence-corrected chi connectivity index (χ0v) is 18.1. The molecule has 0 fully saturated rings. The van der Waals surface area contributed by atoms with Gasteiger partial charge in [-0.25, -0.2) is 13.5 Å². The zero-order valence-electron chi connectivity index (χ0n) is 16.6. The summed E-state index contributed by atoms with van der Waals surface area (Å²) in [5.41, 5.74) is 2.94. The molecule has 0 saturated carbocycles. The fourth-order valence-corrected chi connectivity index (χ4v) is 3.96. The average Bonchev–Trinajstić information content (AvgIpc) is 3.18. The molecule has 2 atom stereocenters. The lowest BCUT2D eigenvalue weighted by Gasteiger charge is -2.32. The number of benzene rings is 2. The fraction of sp³-hybridized carbons (Fsp3) is 0.273. The van der Waals surface area contributed by atoms with Crippen LogP contribution in [0, 0.1) is 6.92 Å². The standard InChI is InChI=1S/C22H20Cl2F2N4O/c1-12-2-5-14(6-3-12)18-9-19(20(25)26)30-21(29-18)15(11-28-30)22(31)27-10-13-4-7-16(23)17(24)8-13/h2-8,11,18-20,29H,9-10H2,1H3,(H,27,31). The highest BCUT2D eigenvalue weighted by Gasteiger charge is 2.36. The second kappa shape index (κ2) is 8.85. The number of hydrogen-bond donors (Lipinski definition) is 2. The molecule has 1 aromatic heterocycles. The van der Waals surface area contributed by atoms with Crippen LogP contribution in [0.5, 0.6) is 0 Å². The van der Waals surface area contributed by atoms with Crippen molar-refractivity contribution in [3.8, 4) is 0 Å². The van der Waals surface area contributed by atoms with Gasteiger partial charge in [-0.2, -0.15) is 5.10 Å². The predicted octanol–water partition coefficient (Wildman–Crippen LogP) is 5.79. The number of nitrogens with one attached hydrogen (secondary N) is 2. The Morgan fingerprint density at radius 2 is 1.97 bits per heavy atom. The average molecular weight is 465 g/mol. The van der Waals surface area contributed by atoms with Gasteiger partial charge in [-0.05, 0) is 36.6 Å². The number of aryl methyl sites for hydroxylation is 1. The van der Waals surface area contributed by atoms with E-state index in [1.807, 2.05) is 31.2 Å². The van der Waals surface area contributed by atoms with Crippen LogP contribution in [0.1, 0.15) is 45.6 Å². The van der Waals surface area contributed by atoms with Crippen molar-refractivity contribution in [1.82, 2.24) is 15.1 Å². The molecule has 4 rings (SSSR count). The molecule has 31 heavy (non-hydrogen) atoms. The van der Waals surface area contributed by atoms with E-state index in [9.17, 15) is 13.6 Å². The summed E-state index contributed by atoms with van der Waals surface area (Å²) >= 11 is 11.9.